The molecule has 160 valence electrons. The predicted molar refractivity (Wildman–Crippen MR) is 103 cm³/mol. The van der Waals surface area contributed by atoms with E-state index in [-0.39, 0.29) is 40.6 Å². The average molecular weight is 421 g/mol. The van der Waals surface area contributed by atoms with Gasteiger partial charge >= 0.3 is 12.1 Å². The minimum atomic E-state index is -4.61. The van der Waals surface area contributed by atoms with Gasteiger partial charge in [0, 0.05) is 18.8 Å². The number of nitrogens with zero attached hydrogens (tertiary/aromatic N) is 2. The maximum atomic E-state index is 13.9. The first-order valence-electron chi connectivity index (χ1n) is 9.60. The number of hydrogen-bond donors (Lipinski definition) is 1. The molecule has 1 saturated heterocycles. The molecule has 1 atom stereocenters. The minimum Gasteiger partial charge on any atom is -0.463 e. The first-order valence-corrected chi connectivity index (χ1v) is 9.60. The van der Waals surface area contributed by atoms with Crippen LogP contribution in [0.5, 0.6) is 0 Å². The van der Waals surface area contributed by atoms with Gasteiger partial charge in [-0.15, -0.1) is 0 Å². The number of nitrogens with two attached hydrogens (primary N) is 1. The summed E-state index contributed by atoms with van der Waals surface area (Å²) < 4.78 is 52.1. The highest BCUT2D eigenvalue weighted by atomic mass is 19.4. The minimum absolute atomic E-state index is 0.0374. The fraction of sp³-hybridized carbons (Fsp3) is 0.429. The molecule has 1 aromatic carbocycles. The van der Waals surface area contributed by atoms with Crippen LogP contribution in [0, 0.1) is 11.3 Å². The summed E-state index contributed by atoms with van der Waals surface area (Å²) in [7, 11) is 0. The summed E-state index contributed by atoms with van der Waals surface area (Å²) in [5.74, 6) is -2.04. The van der Waals surface area contributed by atoms with Crippen LogP contribution in [0.25, 0.3) is 0 Å². The molecule has 0 bridgehead atoms. The molecule has 30 heavy (non-hydrogen) atoms. The normalized spacial score (nSPS) is 19.6. The van der Waals surface area contributed by atoms with Gasteiger partial charge in [0.1, 0.15) is 17.4 Å². The average Bonchev–Trinajstić information content (AvgIpc) is 3.21. The van der Waals surface area contributed by atoms with Crippen LogP contribution in [0.15, 0.2) is 41.0 Å². The zero-order valence-corrected chi connectivity index (χ0v) is 16.7. The lowest BCUT2D eigenvalue weighted by Gasteiger charge is -2.29. The van der Waals surface area contributed by atoms with E-state index in [4.69, 9.17) is 15.2 Å². The number of hydrogen-bond acceptors (Lipinski definition) is 6. The summed E-state index contributed by atoms with van der Waals surface area (Å²) in [4.78, 5) is 14.2. The summed E-state index contributed by atoms with van der Waals surface area (Å²) in [5.41, 5.74) is 5.04. The van der Waals surface area contributed by atoms with Crippen molar-refractivity contribution in [1.29, 1.82) is 5.26 Å². The zero-order chi connectivity index (χ0) is 22.1. The fourth-order valence-electron chi connectivity index (χ4n) is 3.88. The predicted octanol–water partition coefficient (Wildman–Crippen LogP) is 3.95. The van der Waals surface area contributed by atoms with Crippen molar-refractivity contribution in [2.75, 3.05) is 24.6 Å². The van der Waals surface area contributed by atoms with Crippen molar-refractivity contribution in [3.63, 3.8) is 0 Å². The topological polar surface area (TPSA) is 88.6 Å². The van der Waals surface area contributed by atoms with E-state index < -0.39 is 23.6 Å². The number of alkyl halides is 3. The Morgan fingerprint density at radius 2 is 2.03 bits per heavy atom. The molecule has 0 saturated carbocycles. The van der Waals surface area contributed by atoms with Crippen LogP contribution >= 0.6 is 0 Å². The summed E-state index contributed by atoms with van der Waals surface area (Å²) in [6.45, 7) is 4.22. The smallest absolute Gasteiger partial charge is 0.418 e. The van der Waals surface area contributed by atoms with Gasteiger partial charge in [-0.3, -0.25) is 0 Å². The lowest BCUT2D eigenvalue weighted by Crippen LogP contribution is -2.26. The van der Waals surface area contributed by atoms with Crippen molar-refractivity contribution < 1.29 is 27.4 Å². The van der Waals surface area contributed by atoms with Crippen LogP contribution in [0.1, 0.15) is 43.7 Å². The number of allylic oxidation sites excluding steroid dienone is 2. The van der Waals surface area contributed by atoms with E-state index in [0.717, 1.165) is 18.9 Å². The molecular formula is C21H22F3N3O3. The second kappa shape index (κ2) is 8.30. The molecule has 1 unspecified atom stereocenters. The van der Waals surface area contributed by atoms with Gasteiger partial charge in [-0.05, 0) is 44.4 Å². The number of rotatable bonds is 4. The molecule has 0 aliphatic carbocycles. The molecule has 2 aliphatic rings. The Morgan fingerprint density at radius 3 is 2.60 bits per heavy atom. The highest BCUT2D eigenvalue weighted by Crippen LogP contribution is 2.44. The van der Waals surface area contributed by atoms with Gasteiger partial charge < -0.3 is 20.1 Å². The van der Waals surface area contributed by atoms with Gasteiger partial charge in [0.2, 0.25) is 5.88 Å². The summed E-state index contributed by atoms with van der Waals surface area (Å²) in [6, 6.07) is 5.75. The Balaban J connectivity index is 2.18. The first-order chi connectivity index (χ1) is 14.2. The number of anilines is 1. The van der Waals surface area contributed by atoms with Gasteiger partial charge in [-0.2, -0.15) is 18.4 Å². The molecular weight excluding hydrogens is 399 g/mol. The molecule has 0 aromatic heterocycles. The van der Waals surface area contributed by atoms with Crippen molar-refractivity contribution in [3.05, 3.63) is 52.1 Å². The Bertz CT molecular complexity index is 954. The molecule has 6 nitrogen and oxygen atoms in total. The maximum Gasteiger partial charge on any atom is 0.418 e. The first kappa shape index (κ1) is 21.6. The van der Waals surface area contributed by atoms with E-state index in [0.29, 0.717) is 13.1 Å². The van der Waals surface area contributed by atoms with E-state index in [9.17, 15) is 23.2 Å². The van der Waals surface area contributed by atoms with E-state index >= 15 is 0 Å². The number of esters is 1. The van der Waals surface area contributed by atoms with Crippen molar-refractivity contribution in [3.8, 4) is 6.07 Å². The van der Waals surface area contributed by atoms with Crippen LogP contribution in [0.2, 0.25) is 0 Å². The number of carbonyl (C=O) groups is 1. The molecule has 2 N–H and O–H groups in total. The van der Waals surface area contributed by atoms with Crippen molar-refractivity contribution >= 4 is 11.7 Å². The summed E-state index contributed by atoms with van der Waals surface area (Å²) in [6.07, 6.45) is -2.96. The van der Waals surface area contributed by atoms with Crippen LogP contribution in [0.4, 0.5) is 18.9 Å². The molecule has 1 aromatic rings. The Morgan fingerprint density at radius 1 is 1.37 bits per heavy atom. The second-order valence-corrected chi connectivity index (χ2v) is 7.08. The van der Waals surface area contributed by atoms with Crippen molar-refractivity contribution in [2.24, 2.45) is 5.73 Å². The largest absolute Gasteiger partial charge is 0.463 e. The van der Waals surface area contributed by atoms with Crippen LogP contribution in [-0.2, 0) is 20.4 Å². The Kier molecular flexibility index (Phi) is 5.97. The molecule has 9 heteroatoms. The van der Waals surface area contributed by atoms with Gasteiger partial charge in [-0.1, -0.05) is 6.07 Å². The van der Waals surface area contributed by atoms with Gasteiger partial charge in [0.15, 0.2) is 0 Å². The van der Waals surface area contributed by atoms with Crippen LogP contribution in [0.3, 0.4) is 0 Å². The number of benzene rings is 1. The standard InChI is InChI=1S/C21H22F3N3O3/c1-3-29-20(28)17-12(2)30-19(26)14(11-25)18(17)13-6-7-16(27-8-4-5-9-27)15(10-13)21(22,23)24/h6-7,10,18H,3-5,8-9,26H2,1-2H3. The van der Waals surface area contributed by atoms with E-state index in [2.05, 4.69) is 0 Å². The second-order valence-electron chi connectivity index (χ2n) is 7.08. The highest BCUT2D eigenvalue weighted by Gasteiger charge is 2.40. The number of nitriles is 1. The lowest BCUT2D eigenvalue weighted by atomic mass is 9.82. The zero-order valence-electron chi connectivity index (χ0n) is 16.7. The fourth-order valence-corrected chi connectivity index (χ4v) is 3.88. The van der Waals surface area contributed by atoms with Gasteiger partial charge in [0.25, 0.3) is 0 Å². The maximum absolute atomic E-state index is 13.9. The Hall–Kier alpha value is -3.15. The molecule has 2 heterocycles. The molecule has 1 fully saturated rings. The number of ether oxygens (including phenoxy) is 2. The number of halogens is 3. The van der Waals surface area contributed by atoms with E-state index in [1.54, 1.807) is 11.8 Å². The van der Waals surface area contributed by atoms with Crippen LogP contribution < -0.4 is 10.6 Å². The highest BCUT2D eigenvalue weighted by molar-refractivity contribution is 5.92. The molecule has 0 amide bonds. The monoisotopic (exact) mass is 421 g/mol. The number of carbonyl (C=O) groups excluding carboxylic acids is 1. The van der Waals surface area contributed by atoms with E-state index in [1.165, 1.54) is 19.1 Å². The van der Waals surface area contributed by atoms with Gasteiger partial charge in [-0.25, -0.2) is 4.79 Å². The molecule has 0 radical (unpaired) electrons. The van der Waals surface area contributed by atoms with Crippen LogP contribution in [-0.4, -0.2) is 25.7 Å². The quantitative estimate of drug-likeness (QED) is 0.741. The third-order valence-electron chi connectivity index (χ3n) is 5.21. The van der Waals surface area contributed by atoms with Gasteiger partial charge in [0.05, 0.1) is 23.7 Å². The molecule has 0 spiro atoms. The molecule has 3 rings (SSSR count). The molecule has 2 aliphatic heterocycles. The summed E-state index contributed by atoms with van der Waals surface area (Å²) in [5, 5.41) is 9.59. The van der Waals surface area contributed by atoms with E-state index in [1.807, 2.05) is 6.07 Å². The lowest BCUT2D eigenvalue weighted by molar-refractivity contribution is -0.139. The van der Waals surface area contributed by atoms with Crippen molar-refractivity contribution in [1.82, 2.24) is 0 Å². The van der Waals surface area contributed by atoms with Crippen molar-refractivity contribution in [2.45, 2.75) is 38.8 Å². The Labute approximate surface area is 172 Å². The third kappa shape index (κ3) is 3.95. The summed E-state index contributed by atoms with van der Waals surface area (Å²) >= 11 is 0. The third-order valence-corrected chi connectivity index (χ3v) is 5.21. The SMILES string of the molecule is CCOC(=O)C1=C(C)OC(N)=C(C#N)C1c1ccc(N2CCCC2)c(C(F)(F)F)c1.